The van der Waals surface area contributed by atoms with Crippen LogP contribution < -0.4 is 0 Å². The summed E-state index contributed by atoms with van der Waals surface area (Å²) in [5.41, 5.74) is -0.964. The molecular formula is C51H72O15. The van der Waals surface area contributed by atoms with Crippen LogP contribution in [0, 0.1) is 34.5 Å². The molecule has 5 heterocycles. The fourth-order valence-corrected chi connectivity index (χ4v) is 14.6. The maximum absolute atomic E-state index is 13.0. The molecule has 4 saturated heterocycles. The molecular weight excluding hydrogens is 853 g/mol. The Kier molecular flexibility index (Phi) is 12.4. The summed E-state index contributed by atoms with van der Waals surface area (Å²) in [4.78, 5) is 12.8. The predicted octanol–water partition coefficient (Wildman–Crippen LogP) is 5.76. The number of benzene rings is 1. The van der Waals surface area contributed by atoms with Crippen molar-refractivity contribution in [2.75, 3.05) is 0 Å². The van der Waals surface area contributed by atoms with Gasteiger partial charge in [-0.2, -0.15) is 0 Å². The molecule has 66 heavy (non-hydrogen) atoms. The number of para-hydroxylation sites is 1. The second-order valence-electron chi connectivity index (χ2n) is 22.2. The van der Waals surface area contributed by atoms with Crippen LogP contribution in [0.25, 0.3) is 6.08 Å². The molecule has 5 N–H and O–H groups in total. The third-order valence-corrected chi connectivity index (χ3v) is 18.0. The molecule has 6 unspecified atom stereocenters. The first-order chi connectivity index (χ1) is 31.3. The highest BCUT2D eigenvalue weighted by atomic mass is 16.8. The SMILES string of the molecule is CC1O[C@@H](O[C@H]2CC[C@@]3(C)[C@H](CC[C@@H]4[C@@H]3C[C@@H](O)[C@]3(C)[C@@H](C5=CC(=O)O/C5=C\c5ccccc5O)CC[C@]43O)C2)C[C@@H](O)C1O[C@@H]1C[C@@H](O)C(O[C@H]2C[C@H]3OC(C)(C)OC3C(C)O2)C(C)O1. The zero-order chi connectivity index (χ0) is 46.7. The van der Waals surface area contributed by atoms with E-state index in [4.69, 9.17) is 42.6 Å². The van der Waals surface area contributed by atoms with Crippen molar-refractivity contribution in [2.24, 2.45) is 34.5 Å². The zero-order valence-corrected chi connectivity index (χ0v) is 39.5. The number of aromatic hydroxyl groups is 1. The molecule has 0 amide bonds. The summed E-state index contributed by atoms with van der Waals surface area (Å²) in [6.07, 6.45) is 2.34. The van der Waals surface area contributed by atoms with Gasteiger partial charge in [-0.1, -0.05) is 32.0 Å². The molecule has 1 aromatic rings. The number of aliphatic hydroxyl groups is 4. The van der Waals surface area contributed by atoms with E-state index in [1.54, 1.807) is 24.3 Å². The van der Waals surface area contributed by atoms with Gasteiger partial charge in [0.15, 0.2) is 24.7 Å². The van der Waals surface area contributed by atoms with Gasteiger partial charge >= 0.3 is 5.97 Å². The number of carbonyl (C=O) groups is 1. The summed E-state index contributed by atoms with van der Waals surface area (Å²) in [5, 5.41) is 58.4. The number of carbonyl (C=O) groups excluding carboxylic acids is 1. The summed E-state index contributed by atoms with van der Waals surface area (Å²) < 4.78 is 55.8. The molecule has 4 saturated carbocycles. The molecule has 8 fully saturated rings. The Labute approximate surface area is 388 Å². The largest absolute Gasteiger partial charge is 0.507 e. The van der Waals surface area contributed by atoms with Gasteiger partial charge in [0.2, 0.25) is 0 Å². The molecule has 15 heteroatoms. The molecule has 15 nitrogen and oxygen atoms in total. The molecule has 0 bridgehead atoms. The van der Waals surface area contributed by atoms with E-state index in [0.29, 0.717) is 48.5 Å². The number of rotatable bonds is 8. The van der Waals surface area contributed by atoms with Crippen LogP contribution in [-0.2, 0) is 47.4 Å². The highest BCUT2D eigenvalue weighted by Crippen LogP contribution is 2.70. The third kappa shape index (κ3) is 8.12. The Hall–Kier alpha value is -2.51. The van der Waals surface area contributed by atoms with Gasteiger partial charge < -0.3 is 68.2 Å². The molecule has 21 atom stereocenters. The topological polar surface area (TPSA) is 201 Å². The van der Waals surface area contributed by atoms with E-state index in [-0.39, 0.29) is 66.2 Å². The lowest BCUT2D eigenvalue weighted by Crippen LogP contribution is -2.67. The molecule has 0 radical (unpaired) electrons. The Balaban J connectivity index is 0.730. The quantitative estimate of drug-likeness (QED) is 0.156. The van der Waals surface area contributed by atoms with Crippen LogP contribution in [0.15, 0.2) is 41.7 Å². The molecule has 9 aliphatic rings. The number of esters is 1. The van der Waals surface area contributed by atoms with Gasteiger partial charge in [0.05, 0.1) is 54.4 Å². The highest BCUT2D eigenvalue weighted by Gasteiger charge is 2.71. The average Bonchev–Trinajstić information content (AvgIpc) is 3.87. The fraction of sp³-hybridized carbons (Fsp3) is 0.784. The van der Waals surface area contributed by atoms with E-state index in [0.717, 1.165) is 32.1 Å². The van der Waals surface area contributed by atoms with Gasteiger partial charge in [-0.15, -0.1) is 0 Å². The summed E-state index contributed by atoms with van der Waals surface area (Å²) in [5.74, 6) is -0.645. The second kappa shape index (κ2) is 17.4. The standard InChI is InChI=1S/C51H72O15/c1-25-45(63-43-23-37(54)46(26(2)59-43)64-44-24-39-47(27(3)60-44)66-48(4,5)65-39)36(53)22-42(58-25)61-30-14-16-49(6)29(19-30)12-13-33-34(49)21-40(55)50(7)32(15-17-51(33,50)57)31-20-41(56)62-38(31)18-28-10-8-9-11-35(28)52/h8-11,18,20,25-27,29-30,32-34,36-37,39-40,42-47,52-55,57H,12-17,19,21-24H2,1-7H3/b38-18-/t25?,26?,27?,29-,30+,32-,33-,34+,36-,37-,39-,40-,42+,43-,44+,45?,46?,47?,49+,50+,51+/m1/s1. The highest BCUT2D eigenvalue weighted by molar-refractivity contribution is 5.90. The Bertz CT molecular complexity index is 2020. The number of hydrogen-bond donors (Lipinski definition) is 5. The lowest BCUT2D eigenvalue weighted by molar-refractivity contribution is -0.334. The molecule has 5 aliphatic heterocycles. The number of phenols is 1. The van der Waals surface area contributed by atoms with Gasteiger partial charge in [-0.3, -0.25) is 0 Å². The molecule has 1 aromatic carbocycles. The fourth-order valence-electron chi connectivity index (χ4n) is 14.6. The normalized spacial score (nSPS) is 50.5. The molecule has 4 aliphatic carbocycles. The van der Waals surface area contributed by atoms with Crippen LogP contribution in [-0.4, -0.2) is 129 Å². The zero-order valence-electron chi connectivity index (χ0n) is 39.5. The van der Waals surface area contributed by atoms with Crippen LogP contribution in [0.3, 0.4) is 0 Å². The number of hydrogen-bond acceptors (Lipinski definition) is 15. The Morgan fingerprint density at radius 1 is 0.727 bits per heavy atom. The van der Waals surface area contributed by atoms with Gasteiger partial charge in [-0.25, -0.2) is 4.79 Å². The van der Waals surface area contributed by atoms with Gasteiger partial charge in [0.25, 0.3) is 0 Å². The minimum Gasteiger partial charge on any atom is -0.507 e. The van der Waals surface area contributed by atoms with Crippen LogP contribution in [0.2, 0.25) is 0 Å². The molecule has 0 aromatic heterocycles. The number of fused-ring (bicyclic) bond motifs is 6. The van der Waals surface area contributed by atoms with Crippen molar-refractivity contribution in [2.45, 2.75) is 216 Å². The van der Waals surface area contributed by atoms with E-state index in [1.165, 1.54) is 6.08 Å². The number of phenolic OH excluding ortho intramolecular Hbond substituents is 1. The van der Waals surface area contributed by atoms with Gasteiger partial charge in [0.1, 0.15) is 29.8 Å². The van der Waals surface area contributed by atoms with Crippen molar-refractivity contribution in [1.82, 2.24) is 0 Å². The van der Waals surface area contributed by atoms with Crippen molar-refractivity contribution >= 4 is 12.0 Å². The first-order valence-electron chi connectivity index (χ1n) is 24.7. The minimum absolute atomic E-state index is 0.0167. The maximum Gasteiger partial charge on any atom is 0.336 e. The van der Waals surface area contributed by atoms with Crippen LogP contribution >= 0.6 is 0 Å². The van der Waals surface area contributed by atoms with Crippen molar-refractivity contribution in [1.29, 1.82) is 0 Å². The van der Waals surface area contributed by atoms with Crippen LogP contribution in [0.1, 0.15) is 125 Å². The number of cyclic esters (lactones) is 1. The predicted molar refractivity (Wildman–Crippen MR) is 236 cm³/mol. The lowest BCUT2D eigenvalue weighted by atomic mass is 9.42. The van der Waals surface area contributed by atoms with Crippen molar-refractivity contribution in [3.8, 4) is 5.75 Å². The first kappa shape index (κ1) is 47.2. The smallest absolute Gasteiger partial charge is 0.336 e. The van der Waals surface area contributed by atoms with E-state index >= 15 is 0 Å². The van der Waals surface area contributed by atoms with Crippen molar-refractivity contribution in [3.05, 3.63) is 47.2 Å². The van der Waals surface area contributed by atoms with Crippen molar-refractivity contribution < 1.29 is 73.0 Å². The Morgan fingerprint density at radius 3 is 2.06 bits per heavy atom. The number of ether oxygens (including phenoxy) is 9. The monoisotopic (exact) mass is 924 g/mol. The maximum atomic E-state index is 13.0. The van der Waals surface area contributed by atoms with Gasteiger partial charge in [-0.05, 0) is 127 Å². The van der Waals surface area contributed by atoms with Crippen LogP contribution in [0.5, 0.6) is 5.75 Å². The molecule has 0 spiro atoms. The Morgan fingerprint density at radius 2 is 1.38 bits per heavy atom. The summed E-state index contributed by atoms with van der Waals surface area (Å²) >= 11 is 0. The number of aliphatic hydroxyl groups excluding tert-OH is 3. The average molecular weight is 925 g/mol. The lowest BCUT2D eigenvalue weighted by Gasteiger charge is -2.65. The third-order valence-electron chi connectivity index (χ3n) is 18.0. The molecule has 10 rings (SSSR count). The summed E-state index contributed by atoms with van der Waals surface area (Å²) in [7, 11) is 0. The van der Waals surface area contributed by atoms with Crippen LogP contribution in [0.4, 0.5) is 0 Å². The summed E-state index contributed by atoms with van der Waals surface area (Å²) in [6, 6.07) is 6.89. The second-order valence-corrected chi connectivity index (χ2v) is 22.2. The minimum atomic E-state index is -1.14. The van der Waals surface area contributed by atoms with E-state index in [2.05, 4.69) is 6.92 Å². The van der Waals surface area contributed by atoms with Crippen molar-refractivity contribution in [3.63, 3.8) is 0 Å². The van der Waals surface area contributed by atoms with E-state index < -0.39 is 84.4 Å². The summed E-state index contributed by atoms with van der Waals surface area (Å²) in [6.45, 7) is 13.8. The van der Waals surface area contributed by atoms with E-state index in [9.17, 15) is 30.3 Å². The van der Waals surface area contributed by atoms with E-state index in [1.807, 2.05) is 47.6 Å². The first-order valence-corrected chi connectivity index (χ1v) is 24.7. The van der Waals surface area contributed by atoms with Gasteiger partial charge in [0, 0.05) is 41.9 Å². The molecule has 366 valence electrons. The number of allylic oxidation sites excluding steroid dienone is 1.